The Hall–Kier alpha value is -0.650. The Morgan fingerprint density at radius 1 is 2.00 bits per heavy atom. The maximum atomic E-state index is 6.95. The predicted molar refractivity (Wildman–Crippen MR) is 31.9 cm³/mol. The van der Waals surface area contributed by atoms with E-state index in [1.807, 2.05) is 0 Å². The van der Waals surface area contributed by atoms with Gasteiger partial charge in [0.25, 0.3) is 0 Å². The molecule has 0 spiro atoms. The molecular formula is C3H11N5. The van der Waals surface area contributed by atoms with E-state index in [9.17, 15) is 0 Å². The van der Waals surface area contributed by atoms with Crippen LogP contribution in [-0.4, -0.2) is 20.1 Å². The first-order valence-corrected chi connectivity index (χ1v) is 2.27. The molecule has 8 heavy (non-hydrogen) atoms. The molecule has 1 unspecified atom stereocenters. The van der Waals surface area contributed by atoms with Gasteiger partial charge in [-0.3, -0.25) is 10.4 Å². The van der Waals surface area contributed by atoms with Gasteiger partial charge in [-0.05, 0) is 7.05 Å². The van der Waals surface area contributed by atoms with E-state index < -0.39 is 0 Å². The topological polar surface area (TPSA) is 78.6 Å². The van der Waals surface area contributed by atoms with Crippen molar-refractivity contribution < 1.29 is 5.12 Å². The first-order chi connectivity index (χ1) is 3.81. The van der Waals surface area contributed by atoms with Gasteiger partial charge in [0.05, 0.1) is 0 Å². The summed E-state index contributed by atoms with van der Waals surface area (Å²) < 4.78 is 0. The van der Waals surface area contributed by atoms with E-state index >= 15 is 0 Å². The number of hydrogen-bond acceptors (Lipinski definition) is 2. The molecule has 0 aliphatic carbocycles. The fourth-order valence-corrected chi connectivity index (χ4v) is 0.303. The molecule has 1 atom stereocenters. The second kappa shape index (κ2) is 4.51. The third-order valence-corrected chi connectivity index (χ3v) is 0.575. The monoisotopic (exact) mass is 117 g/mol. The maximum Gasteiger partial charge on any atom is 0.145 e. The second-order valence-corrected chi connectivity index (χ2v) is 1.26. The number of nitrogens with zero attached hydrogens (tertiary/aromatic N) is 1. The highest BCUT2D eigenvalue weighted by atomic mass is 15.6. The van der Waals surface area contributed by atoms with Gasteiger partial charge in [-0.25, -0.2) is 0 Å². The average Bonchev–Trinajstić information content (AvgIpc) is 1.68. The third kappa shape index (κ3) is 3.54. The molecule has 0 bridgehead atoms. The molecule has 0 aromatic rings. The van der Waals surface area contributed by atoms with Gasteiger partial charge in [0.15, 0.2) is 0 Å². The van der Waals surface area contributed by atoms with E-state index in [0.717, 1.165) is 6.34 Å². The lowest BCUT2D eigenvalue weighted by molar-refractivity contribution is -0.857. The Labute approximate surface area is 48.3 Å². The van der Waals surface area contributed by atoms with Gasteiger partial charge in [-0.2, -0.15) is 0 Å². The van der Waals surface area contributed by atoms with Crippen molar-refractivity contribution in [3.05, 3.63) is 5.84 Å². The number of nitrogens with two attached hydrogens (primary N) is 1. The van der Waals surface area contributed by atoms with Crippen molar-refractivity contribution in [2.24, 2.45) is 10.8 Å². The fraction of sp³-hybridized carbons (Fsp3) is 0.667. The zero-order valence-electron chi connectivity index (χ0n) is 4.81. The number of hydrogen-bond donors (Lipinski definition) is 3. The third-order valence-electron chi connectivity index (χ3n) is 0.575. The van der Waals surface area contributed by atoms with Crippen LogP contribution in [0.3, 0.4) is 0 Å². The van der Waals surface area contributed by atoms with Crippen LogP contribution in [0.4, 0.5) is 0 Å². The minimum absolute atomic E-state index is 0.245. The normalized spacial score (nSPS) is 14.8. The molecule has 0 amide bonds. The minimum Gasteiger partial charge on any atom is -0.440 e. The van der Waals surface area contributed by atoms with E-state index in [2.05, 4.69) is 10.4 Å². The SMILES string of the molecule is CNC[NH+]([NH-])/N=C/N. The van der Waals surface area contributed by atoms with Crippen molar-refractivity contribution in [2.45, 2.75) is 0 Å². The molecule has 0 saturated carbocycles. The molecule has 0 aliphatic rings. The van der Waals surface area contributed by atoms with Gasteiger partial charge in [-0.1, -0.05) is 5.10 Å². The van der Waals surface area contributed by atoms with Gasteiger partial charge in [0.1, 0.15) is 13.0 Å². The highest BCUT2D eigenvalue weighted by Crippen LogP contribution is 1.38. The molecule has 0 heterocycles. The Balaban J connectivity index is 3.17. The molecule has 0 aromatic carbocycles. The second-order valence-electron chi connectivity index (χ2n) is 1.26. The van der Waals surface area contributed by atoms with Crippen LogP contribution in [-0.2, 0) is 0 Å². The molecule has 0 saturated heterocycles. The summed E-state index contributed by atoms with van der Waals surface area (Å²) in [6.07, 6.45) is 1.11. The first kappa shape index (κ1) is 7.35. The first-order valence-electron chi connectivity index (χ1n) is 2.27. The summed E-state index contributed by atoms with van der Waals surface area (Å²) in [5.74, 6) is 6.95. The molecule has 5 heteroatoms. The maximum absolute atomic E-state index is 6.95. The molecule has 0 aliphatic heterocycles. The van der Waals surface area contributed by atoms with Gasteiger partial charge < -0.3 is 11.6 Å². The molecular weight excluding hydrogens is 106 g/mol. The average molecular weight is 117 g/mol. The molecule has 0 fully saturated rings. The lowest BCUT2D eigenvalue weighted by Crippen LogP contribution is -3.02. The summed E-state index contributed by atoms with van der Waals surface area (Å²) >= 11 is 0. The smallest absolute Gasteiger partial charge is 0.145 e. The lowest BCUT2D eigenvalue weighted by atomic mass is 11.0. The van der Waals surface area contributed by atoms with Gasteiger partial charge >= 0.3 is 0 Å². The summed E-state index contributed by atoms with van der Waals surface area (Å²) in [5.41, 5.74) is 4.90. The quantitative estimate of drug-likeness (QED) is 0.172. The van der Waals surface area contributed by atoms with E-state index in [1.54, 1.807) is 7.05 Å². The number of rotatable bonds is 3. The van der Waals surface area contributed by atoms with Crippen molar-refractivity contribution in [3.8, 4) is 0 Å². The van der Waals surface area contributed by atoms with Crippen LogP contribution in [0.2, 0.25) is 0 Å². The number of quaternary nitrogens is 1. The summed E-state index contributed by atoms with van der Waals surface area (Å²) in [5, 5.41) is 6.49. The predicted octanol–water partition coefficient (Wildman–Crippen LogP) is -2.08. The highest BCUT2D eigenvalue weighted by molar-refractivity contribution is 5.49. The molecule has 5 nitrogen and oxygen atoms in total. The van der Waals surface area contributed by atoms with Crippen LogP contribution >= 0.6 is 0 Å². The molecule has 0 rings (SSSR count). The Bertz CT molecular complexity index is 70.1. The van der Waals surface area contributed by atoms with E-state index in [4.69, 9.17) is 11.6 Å². The van der Waals surface area contributed by atoms with Crippen molar-refractivity contribution in [3.63, 3.8) is 0 Å². The fourth-order valence-electron chi connectivity index (χ4n) is 0.303. The van der Waals surface area contributed by atoms with E-state index in [-0.39, 0.29) is 5.12 Å². The molecule has 5 N–H and O–H groups in total. The largest absolute Gasteiger partial charge is 0.440 e. The van der Waals surface area contributed by atoms with Crippen molar-refractivity contribution in [1.82, 2.24) is 5.32 Å². The Morgan fingerprint density at radius 2 is 2.62 bits per heavy atom. The van der Waals surface area contributed by atoms with E-state index in [0.29, 0.717) is 6.67 Å². The van der Waals surface area contributed by atoms with Crippen LogP contribution in [0, 0.1) is 0 Å². The van der Waals surface area contributed by atoms with Crippen molar-refractivity contribution >= 4 is 6.34 Å². The van der Waals surface area contributed by atoms with Crippen LogP contribution in [0.1, 0.15) is 0 Å². The minimum atomic E-state index is 0.245. The lowest BCUT2D eigenvalue weighted by Gasteiger charge is -2.10. The van der Waals surface area contributed by atoms with Gasteiger partial charge in [0, 0.05) is 0 Å². The van der Waals surface area contributed by atoms with Crippen molar-refractivity contribution in [2.75, 3.05) is 13.7 Å². The summed E-state index contributed by atoms with van der Waals surface area (Å²) in [4.78, 5) is 0. The molecule has 0 radical (unpaired) electrons. The van der Waals surface area contributed by atoms with Crippen LogP contribution in [0.5, 0.6) is 0 Å². The standard InChI is InChI=1S/C3H11N5/c1-6-3-8(5)7-2-4/h2,5-6,8H,3H2,1H3,(H2,4,7). The van der Waals surface area contributed by atoms with Crippen LogP contribution in [0.15, 0.2) is 5.10 Å². The summed E-state index contributed by atoms with van der Waals surface area (Å²) in [6.45, 7) is 0.466. The zero-order chi connectivity index (χ0) is 6.41. The van der Waals surface area contributed by atoms with Crippen molar-refractivity contribution in [1.29, 1.82) is 0 Å². The van der Waals surface area contributed by atoms with Gasteiger partial charge in [-0.15, -0.1) is 0 Å². The number of nitrogens with one attached hydrogen (secondary N) is 3. The zero-order valence-corrected chi connectivity index (χ0v) is 4.81. The molecule has 48 valence electrons. The molecule has 0 aromatic heterocycles. The Morgan fingerprint density at radius 3 is 3.00 bits per heavy atom. The Kier molecular flexibility index (Phi) is 4.14. The van der Waals surface area contributed by atoms with Crippen LogP contribution < -0.4 is 16.2 Å². The summed E-state index contributed by atoms with van der Waals surface area (Å²) in [6, 6.07) is 0. The van der Waals surface area contributed by atoms with E-state index in [1.165, 1.54) is 0 Å². The van der Waals surface area contributed by atoms with Crippen LogP contribution in [0.25, 0.3) is 5.84 Å². The van der Waals surface area contributed by atoms with Gasteiger partial charge in [0.2, 0.25) is 0 Å². The highest BCUT2D eigenvalue weighted by Gasteiger charge is 1.82. The summed E-state index contributed by atoms with van der Waals surface area (Å²) in [7, 11) is 1.75.